The van der Waals surface area contributed by atoms with Gasteiger partial charge in [-0.2, -0.15) is 0 Å². The van der Waals surface area contributed by atoms with Gasteiger partial charge in [0.05, 0.1) is 31.8 Å². The zero-order valence-electron chi connectivity index (χ0n) is 41.9. The Bertz CT molecular complexity index is 2030. The quantitative estimate of drug-likeness (QED) is 0.0993. The molecule has 2 aliphatic rings. The molecule has 4 N–H and O–H groups in total. The summed E-state index contributed by atoms with van der Waals surface area (Å²) >= 11 is 0. The minimum atomic E-state index is -0.591. The predicted octanol–water partition coefficient (Wildman–Crippen LogP) is 10.5. The molecule has 0 saturated carbocycles. The van der Waals surface area contributed by atoms with E-state index in [1.807, 2.05) is 77.9 Å². The third-order valence-corrected chi connectivity index (χ3v) is 11.7. The van der Waals surface area contributed by atoms with Crippen molar-refractivity contribution in [1.29, 1.82) is 0 Å². The van der Waals surface area contributed by atoms with E-state index in [4.69, 9.17) is 38.6 Å². The summed E-state index contributed by atoms with van der Waals surface area (Å²) in [4.78, 5) is 25.5. The fraction of sp³-hybridized carbons (Fsp3) is 0.527. The third kappa shape index (κ3) is 16.6. The van der Waals surface area contributed by atoms with Gasteiger partial charge in [0, 0.05) is 23.7 Å². The van der Waals surface area contributed by atoms with E-state index < -0.39 is 28.8 Å². The molecular formula is C55H76O12. The Morgan fingerprint density at radius 1 is 0.537 bits per heavy atom. The first-order valence-electron chi connectivity index (χ1n) is 23.1. The highest BCUT2D eigenvalue weighted by molar-refractivity contribution is 5.70. The van der Waals surface area contributed by atoms with E-state index in [0.717, 1.165) is 33.4 Å². The first-order valence-corrected chi connectivity index (χ1v) is 23.1. The average Bonchev–Trinajstić information content (AvgIpc) is 3.26. The molecule has 4 aromatic rings. The lowest BCUT2D eigenvalue weighted by Gasteiger charge is -2.48. The first-order chi connectivity index (χ1) is 31.2. The van der Waals surface area contributed by atoms with Crippen LogP contribution in [0.3, 0.4) is 0 Å². The summed E-state index contributed by atoms with van der Waals surface area (Å²) in [7, 11) is 0. The highest BCUT2D eigenvalue weighted by Gasteiger charge is 2.48. The average molecular weight is 929 g/mol. The van der Waals surface area contributed by atoms with Gasteiger partial charge >= 0.3 is 11.9 Å². The Labute approximate surface area is 398 Å². The second kappa shape index (κ2) is 23.2. The van der Waals surface area contributed by atoms with Gasteiger partial charge < -0.3 is 48.8 Å². The number of aromatic hydroxyl groups is 4. The molecule has 0 bridgehead atoms. The molecular weight excluding hydrogens is 853 g/mol. The smallest absolute Gasteiger partial charge is 0.306 e. The predicted molar refractivity (Wildman–Crippen MR) is 259 cm³/mol. The number of esters is 2. The van der Waals surface area contributed by atoms with Gasteiger partial charge in [-0.15, -0.1) is 0 Å². The summed E-state index contributed by atoms with van der Waals surface area (Å²) in [6.45, 7) is 25.6. The number of rotatable bonds is 12. The fourth-order valence-electron chi connectivity index (χ4n) is 7.56. The molecule has 12 nitrogen and oxygen atoms in total. The summed E-state index contributed by atoms with van der Waals surface area (Å²) in [5.41, 5.74) is 3.20. The molecule has 0 atom stereocenters. The number of hydrogen-bond acceptors (Lipinski definition) is 12. The molecule has 6 rings (SSSR count). The van der Waals surface area contributed by atoms with E-state index in [0.29, 0.717) is 62.3 Å². The zero-order chi connectivity index (χ0) is 49.8. The normalized spacial score (nSPS) is 18.7. The van der Waals surface area contributed by atoms with Crippen LogP contribution in [-0.4, -0.2) is 84.6 Å². The number of carbonyl (C=O) groups is 2. The Hall–Kier alpha value is -5.14. The molecule has 368 valence electrons. The summed E-state index contributed by atoms with van der Waals surface area (Å²) in [5, 5.41) is 38.3. The minimum absolute atomic E-state index is 0.139. The number of hydrogen-bond donors (Lipinski definition) is 4. The van der Waals surface area contributed by atoms with E-state index >= 15 is 0 Å². The van der Waals surface area contributed by atoms with Crippen LogP contribution in [0, 0.1) is 30.1 Å². The number of benzene rings is 4. The molecule has 4 aromatic carbocycles. The van der Waals surface area contributed by atoms with Gasteiger partial charge in [0.1, 0.15) is 36.2 Å². The highest BCUT2D eigenvalue weighted by Crippen LogP contribution is 2.40. The molecule has 2 saturated heterocycles. The Kier molecular flexibility index (Phi) is 18.9. The van der Waals surface area contributed by atoms with Crippen LogP contribution in [0.2, 0.25) is 0 Å². The van der Waals surface area contributed by atoms with Crippen molar-refractivity contribution in [2.75, 3.05) is 39.6 Å². The summed E-state index contributed by atoms with van der Waals surface area (Å²) < 4.78 is 36.1. The van der Waals surface area contributed by atoms with Gasteiger partial charge in [-0.1, -0.05) is 130 Å². The SMILES string of the molecule is Cc1cc(CCC(=O)OCC(C)(C)C2OCC3(CO2)COC(C(C)(C)COC(=O)CCc2cc(C)c(O)c(C(C)(C)C)c2)OC3)cc(C(C)(C)C)c1O.Oc1ccccc1.Oc1ccccc1. The van der Waals surface area contributed by atoms with Crippen LogP contribution < -0.4 is 0 Å². The van der Waals surface area contributed by atoms with Crippen LogP contribution >= 0.6 is 0 Å². The number of phenolic OH excluding ortho intramolecular Hbond substituents is 4. The molecule has 1 spiro atoms. The molecule has 0 radical (unpaired) electrons. The molecule has 0 unspecified atom stereocenters. The second-order valence-corrected chi connectivity index (χ2v) is 21.5. The van der Waals surface area contributed by atoms with Crippen molar-refractivity contribution in [2.45, 2.75) is 132 Å². The molecule has 2 aliphatic heterocycles. The lowest BCUT2D eigenvalue weighted by molar-refractivity contribution is -0.337. The monoisotopic (exact) mass is 929 g/mol. The maximum Gasteiger partial charge on any atom is 0.306 e. The van der Waals surface area contributed by atoms with E-state index in [1.165, 1.54) is 0 Å². The van der Waals surface area contributed by atoms with Crippen molar-refractivity contribution in [3.05, 3.63) is 118 Å². The van der Waals surface area contributed by atoms with Crippen molar-refractivity contribution in [1.82, 2.24) is 0 Å². The van der Waals surface area contributed by atoms with Crippen molar-refractivity contribution in [3.8, 4) is 23.0 Å². The van der Waals surface area contributed by atoms with Gasteiger partial charge in [-0.05, 0) is 95.2 Å². The van der Waals surface area contributed by atoms with Crippen LogP contribution in [0.25, 0.3) is 0 Å². The molecule has 2 heterocycles. The standard InChI is InChI=1S/C43H64O10.2C6H6O/c1-27-17-29(19-31(35(27)46)39(3,4)5)13-15-33(44)48-21-41(9,10)37-50-23-43(24-51-37)25-52-38(53-26-43)42(11,12)22-49-34(45)16-14-30-18-28(2)36(47)32(20-30)40(6,7)8;2*7-6-4-2-1-3-5-6/h17-20,37-38,46-47H,13-16,21-26H2,1-12H3;2*1-5,7H. The van der Waals surface area contributed by atoms with Crippen LogP contribution in [0.5, 0.6) is 23.0 Å². The third-order valence-electron chi connectivity index (χ3n) is 11.7. The lowest BCUT2D eigenvalue weighted by Crippen LogP contribution is -2.57. The summed E-state index contributed by atoms with van der Waals surface area (Å²) in [6, 6.07) is 25.2. The van der Waals surface area contributed by atoms with E-state index in [9.17, 15) is 19.8 Å². The molecule has 12 heteroatoms. The summed E-state index contributed by atoms with van der Waals surface area (Å²) in [6.07, 6.45) is 0.332. The molecule has 2 fully saturated rings. The van der Waals surface area contributed by atoms with E-state index in [1.54, 1.807) is 48.5 Å². The number of ether oxygens (including phenoxy) is 6. The first kappa shape index (κ1) is 54.5. The van der Waals surface area contributed by atoms with E-state index in [-0.39, 0.29) is 48.8 Å². The number of phenols is 4. The molecule has 0 aromatic heterocycles. The highest BCUT2D eigenvalue weighted by atomic mass is 16.7. The van der Waals surface area contributed by atoms with Crippen molar-refractivity contribution < 1.29 is 58.4 Å². The maximum atomic E-state index is 12.7. The fourth-order valence-corrected chi connectivity index (χ4v) is 7.56. The van der Waals surface area contributed by atoms with Crippen LogP contribution in [0.1, 0.15) is 115 Å². The van der Waals surface area contributed by atoms with Crippen molar-refractivity contribution >= 4 is 11.9 Å². The van der Waals surface area contributed by atoms with Gasteiger partial charge in [0.15, 0.2) is 12.6 Å². The van der Waals surface area contributed by atoms with E-state index in [2.05, 4.69) is 41.5 Å². The van der Waals surface area contributed by atoms with Gasteiger partial charge in [-0.25, -0.2) is 0 Å². The topological polar surface area (TPSA) is 170 Å². The lowest BCUT2D eigenvalue weighted by atomic mass is 9.83. The molecule has 0 aliphatic carbocycles. The molecule has 67 heavy (non-hydrogen) atoms. The number of para-hydroxylation sites is 2. The van der Waals surface area contributed by atoms with Gasteiger partial charge in [0.2, 0.25) is 0 Å². The second-order valence-electron chi connectivity index (χ2n) is 21.5. The Morgan fingerprint density at radius 3 is 1.12 bits per heavy atom. The van der Waals surface area contributed by atoms with Crippen LogP contribution in [-0.2, 0) is 61.7 Å². The molecule has 0 amide bonds. The maximum absolute atomic E-state index is 12.7. The Balaban J connectivity index is 0.000000593. The number of carbonyl (C=O) groups excluding carboxylic acids is 2. The number of aryl methyl sites for hydroxylation is 4. The van der Waals surface area contributed by atoms with Crippen LogP contribution in [0.15, 0.2) is 84.9 Å². The van der Waals surface area contributed by atoms with Crippen molar-refractivity contribution in [3.63, 3.8) is 0 Å². The zero-order valence-corrected chi connectivity index (χ0v) is 41.9. The summed E-state index contributed by atoms with van der Waals surface area (Å²) in [5.74, 6) is 0.646. The minimum Gasteiger partial charge on any atom is -0.508 e. The van der Waals surface area contributed by atoms with Gasteiger partial charge in [-0.3, -0.25) is 9.59 Å². The largest absolute Gasteiger partial charge is 0.508 e. The Morgan fingerprint density at radius 2 is 0.851 bits per heavy atom. The van der Waals surface area contributed by atoms with Gasteiger partial charge in [0.25, 0.3) is 0 Å². The van der Waals surface area contributed by atoms with Crippen molar-refractivity contribution in [2.24, 2.45) is 16.2 Å². The van der Waals surface area contributed by atoms with Crippen LogP contribution in [0.4, 0.5) is 0 Å².